The van der Waals surface area contributed by atoms with Crippen molar-refractivity contribution in [3.05, 3.63) is 10.4 Å². The molecule has 0 amide bonds. The van der Waals surface area contributed by atoms with Gasteiger partial charge in [-0.3, -0.25) is 9.78 Å². The smallest absolute Gasteiger partial charge is 0.280 e. The zero-order valence-corrected chi connectivity index (χ0v) is 8.74. The van der Waals surface area contributed by atoms with Crippen molar-refractivity contribution in [2.24, 2.45) is 9.98 Å². The fourth-order valence-electron chi connectivity index (χ4n) is 0.953. The molecule has 80 valence electrons. The molecule has 0 fully saturated rings. The summed E-state index contributed by atoms with van der Waals surface area (Å²) in [5.74, 6) is 0.166. The monoisotopic (exact) mass is 207 g/mol. The predicted octanol–water partition coefficient (Wildman–Crippen LogP) is 1.19. The second-order valence-electron chi connectivity index (χ2n) is 2.98. The molecule has 0 saturated carbocycles. The van der Waals surface area contributed by atoms with Crippen LogP contribution in [0.1, 0.15) is 20.3 Å². The van der Waals surface area contributed by atoms with Gasteiger partial charge in [0.1, 0.15) is 0 Å². The molecule has 1 aromatic heterocycles. The van der Waals surface area contributed by atoms with Gasteiger partial charge in [0.25, 0.3) is 5.56 Å². The molecule has 0 aromatic carbocycles. The highest BCUT2D eigenvalue weighted by atomic mass is 16.1. The van der Waals surface area contributed by atoms with Crippen molar-refractivity contribution in [2.45, 2.75) is 20.3 Å². The van der Waals surface area contributed by atoms with Gasteiger partial charge in [-0.25, -0.2) is 9.98 Å². The second kappa shape index (κ2) is 4.50. The van der Waals surface area contributed by atoms with Gasteiger partial charge in [-0.2, -0.15) is 4.98 Å². The maximum atomic E-state index is 11.5. The van der Waals surface area contributed by atoms with Crippen LogP contribution in [0.25, 0.3) is 0 Å². The van der Waals surface area contributed by atoms with E-state index in [1.54, 1.807) is 0 Å². The third kappa shape index (κ3) is 2.49. The van der Waals surface area contributed by atoms with Gasteiger partial charge in [0, 0.05) is 5.71 Å². The highest BCUT2D eigenvalue weighted by Gasteiger charge is 2.07. The van der Waals surface area contributed by atoms with Crippen molar-refractivity contribution in [3.63, 3.8) is 0 Å². The first kappa shape index (κ1) is 11.1. The van der Waals surface area contributed by atoms with Crippen molar-refractivity contribution in [1.82, 2.24) is 9.97 Å². The van der Waals surface area contributed by atoms with Gasteiger partial charge in [0.2, 0.25) is 5.95 Å². The van der Waals surface area contributed by atoms with E-state index in [1.807, 2.05) is 13.8 Å². The number of hydrogen-bond donors (Lipinski definition) is 2. The molecular weight excluding hydrogens is 194 g/mol. The SMILES string of the molecule is C=Nc1nc(N)[nH]c(=O)c1/N=C(\C)CC. The number of aliphatic imine (C=N–C) groups is 2. The number of rotatable bonds is 3. The van der Waals surface area contributed by atoms with Crippen LogP contribution in [0.5, 0.6) is 0 Å². The number of anilines is 1. The summed E-state index contributed by atoms with van der Waals surface area (Å²) in [6.07, 6.45) is 0.750. The Bertz CT molecular complexity index is 460. The largest absolute Gasteiger partial charge is 0.369 e. The van der Waals surface area contributed by atoms with E-state index >= 15 is 0 Å². The van der Waals surface area contributed by atoms with Crippen LogP contribution in [0.4, 0.5) is 17.5 Å². The van der Waals surface area contributed by atoms with E-state index in [1.165, 1.54) is 0 Å². The summed E-state index contributed by atoms with van der Waals surface area (Å²) in [5, 5.41) is 0. The van der Waals surface area contributed by atoms with E-state index in [-0.39, 0.29) is 17.5 Å². The molecular formula is C9H13N5O. The number of nitrogens with zero attached hydrogens (tertiary/aromatic N) is 3. The number of H-pyrrole nitrogens is 1. The molecule has 1 heterocycles. The van der Waals surface area contributed by atoms with Crippen LogP contribution >= 0.6 is 0 Å². The minimum atomic E-state index is -0.405. The van der Waals surface area contributed by atoms with Crippen LogP contribution in [-0.2, 0) is 0 Å². The summed E-state index contributed by atoms with van der Waals surface area (Å²) >= 11 is 0. The zero-order valence-electron chi connectivity index (χ0n) is 8.74. The average Bonchev–Trinajstić information content (AvgIpc) is 2.21. The molecule has 0 radical (unpaired) electrons. The van der Waals surface area contributed by atoms with E-state index in [9.17, 15) is 4.79 Å². The third-order valence-corrected chi connectivity index (χ3v) is 1.86. The lowest BCUT2D eigenvalue weighted by Gasteiger charge is -2.00. The molecule has 1 aromatic rings. The molecule has 3 N–H and O–H groups in total. The van der Waals surface area contributed by atoms with Crippen molar-refractivity contribution in [1.29, 1.82) is 0 Å². The number of nitrogen functional groups attached to an aromatic ring is 1. The normalized spacial score (nSPS) is 11.5. The Labute approximate surface area is 87.0 Å². The highest BCUT2D eigenvalue weighted by molar-refractivity contribution is 5.85. The fraction of sp³-hybridized carbons (Fsp3) is 0.333. The summed E-state index contributed by atoms with van der Waals surface area (Å²) in [6, 6.07) is 0. The first-order chi connectivity index (χ1) is 7.08. The minimum Gasteiger partial charge on any atom is -0.369 e. The fourth-order valence-corrected chi connectivity index (χ4v) is 0.953. The predicted molar refractivity (Wildman–Crippen MR) is 61.5 cm³/mol. The average molecular weight is 207 g/mol. The molecule has 6 heteroatoms. The second-order valence-corrected chi connectivity index (χ2v) is 2.98. The van der Waals surface area contributed by atoms with Crippen LogP contribution in [0, 0.1) is 0 Å². The van der Waals surface area contributed by atoms with Gasteiger partial charge in [0.05, 0.1) is 0 Å². The Kier molecular flexibility index (Phi) is 3.33. The van der Waals surface area contributed by atoms with Crippen molar-refractivity contribution in [3.8, 4) is 0 Å². The molecule has 15 heavy (non-hydrogen) atoms. The molecule has 1 rings (SSSR count). The molecule has 0 bridgehead atoms. The summed E-state index contributed by atoms with van der Waals surface area (Å²) in [5.41, 5.74) is 5.93. The molecule has 0 saturated heterocycles. The number of hydrogen-bond acceptors (Lipinski definition) is 5. The summed E-state index contributed by atoms with van der Waals surface area (Å²) in [6.45, 7) is 7.08. The van der Waals surface area contributed by atoms with Crippen molar-refractivity contribution >= 4 is 29.9 Å². The minimum absolute atomic E-state index is 0.00972. The van der Waals surface area contributed by atoms with E-state index in [0.29, 0.717) is 0 Å². The maximum absolute atomic E-state index is 11.5. The summed E-state index contributed by atoms with van der Waals surface area (Å²) in [7, 11) is 0. The van der Waals surface area contributed by atoms with Crippen molar-refractivity contribution < 1.29 is 0 Å². The third-order valence-electron chi connectivity index (χ3n) is 1.86. The Morgan fingerprint density at radius 1 is 1.67 bits per heavy atom. The van der Waals surface area contributed by atoms with Crippen LogP contribution in [0.2, 0.25) is 0 Å². The Morgan fingerprint density at radius 2 is 2.33 bits per heavy atom. The van der Waals surface area contributed by atoms with Gasteiger partial charge in [-0.15, -0.1) is 0 Å². The Hall–Kier alpha value is -1.98. The lowest BCUT2D eigenvalue weighted by atomic mass is 10.3. The van der Waals surface area contributed by atoms with Gasteiger partial charge in [-0.05, 0) is 20.1 Å². The first-order valence-electron chi connectivity index (χ1n) is 4.49. The lowest BCUT2D eigenvalue weighted by Crippen LogP contribution is -2.11. The van der Waals surface area contributed by atoms with E-state index < -0.39 is 5.56 Å². The van der Waals surface area contributed by atoms with Gasteiger partial charge >= 0.3 is 0 Å². The molecule has 0 aliphatic carbocycles. The van der Waals surface area contributed by atoms with Crippen LogP contribution < -0.4 is 11.3 Å². The quantitative estimate of drug-likeness (QED) is 0.728. The topological polar surface area (TPSA) is 96.5 Å². The van der Waals surface area contributed by atoms with Gasteiger partial charge in [-0.1, -0.05) is 6.92 Å². The Morgan fingerprint density at radius 3 is 2.87 bits per heavy atom. The lowest BCUT2D eigenvalue weighted by molar-refractivity contribution is 1.11. The van der Waals surface area contributed by atoms with Crippen LogP contribution in [0.15, 0.2) is 14.8 Å². The number of nitrogens with two attached hydrogens (primary N) is 1. The zero-order chi connectivity index (χ0) is 11.4. The Balaban J connectivity index is 3.40. The highest BCUT2D eigenvalue weighted by Crippen LogP contribution is 2.20. The van der Waals surface area contributed by atoms with E-state index in [4.69, 9.17) is 5.73 Å². The molecule has 0 aliphatic heterocycles. The first-order valence-corrected chi connectivity index (χ1v) is 4.49. The molecule has 0 atom stereocenters. The molecule has 0 spiro atoms. The summed E-state index contributed by atoms with van der Waals surface area (Å²) < 4.78 is 0. The van der Waals surface area contributed by atoms with Crippen LogP contribution in [0.3, 0.4) is 0 Å². The number of aromatic amines is 1. The molecule has 0 unspecified atom stereocenters. The number of nitrogens with one attached hydrogen (secondary N) is 1. The van der Waals surface area contributed by atoms with Gasteiger partial charge in [0.15, 0.2) is 11.5 Å². The van der Waals surface area contributed by atoms with Crippen LogP contribution in [-0.4, -0.2) is 22.4 Å². The molecule has 6 nitrogen and oxygen atoms in total. The maximum Gasteiger partial charge on any atom is 0.280 e. The van der Waals surface area contributed by atoms with E-state index in [2.05, 4.69) is 26.7 Å². The summed E-state index contributed by atoms with van der Waals surface area (Å²) in [4.78, 5) is 25.4. The van der Waals surface area contributed by atoms with E-state index in [0.717, 1.165) is 12.1 Å². The van der Waals surface area contributed by atoms with Crippen molar-refractivity contribution in [2.75, 3.05) is 5.73 Å². The molecule has 0 aliphatic rings. The van der Waals surface area contributed by atoms with Gasteiger partial charge < -0.3 is 5.73 Å². The standard InChI is InChI=1S/C9H13N5O/c1-4-5(2)12-6-7(11-3)13-9(10)14-8(6)15/h3-4H2,1-2H3,(H3,10,13,14,15)/b12-5+. The number of aromatic nitrogens is 2.